The molecule has 4 nitrogen and oxygen atoms in total. The van der Waals surface area contributed by atoms with E-state index in [4.69, 9.17) is 10.2 Å². The molecule has 2 rings (SSSR count). The average Bonchev–Trinajstić information content (AvgIpc) is 2.88. The molecule has 0 radical (unpaired) electrons. The van der Waals surface area contributed by atoms with Gasteiger partial charge in [-0.25, -0.2) is 0 Å². The number of hydrogen-bond acceptors (Lipinski definition) is 3. The summed E-state index contributed by atoms with van der Waals surface area (Å²) in [6, 6.07) is 3.74. The van der Waals surface area contributed by atoms with Gasteiger partial charge in [-0.05, 0) is 31.4 Å². The van der Waals surface area contributed by atoms with E-state index in [9.17, 15) is 4.79 Å². The predicted molar refractivity (Wildman–Crippen MR) is 61.2 cm³/mol. The van der Waals surface area contributed by atoms with Gasteiger partial charge in [0.1, 0.15) is 5.76 Å². The second-order valence-corrected chi connectivity index (χ2v) is 4.29. The number of nitrogens with two attached hydrogens (primary N) is 1. The number of carbonyl (C=O) groups is 1. The number of amides is 1. The highest BCUT2D eigenvalue weighted by atomic mass is 16.3. The van der Waals surface area contributed by atoms with Gasteiger partial charge in [-0.2, -0.15) is 0 Å². The fourth-order valence-electron chi connectivity index (χ4n) is 2.10. The van der Waals surface area contributed by atoms with Crippen LogP contribution in [0.2, 0.25) is 0 Å². The molecule has 4 heteroatoms. The summed E-state index contributed by atoms with van der Waals surface area (Å²) in [5.74, 6) is 1.07. The highest BCUT2D eigenvalue weighted by Gasteiger charge is 2.26. The highest BCUT2D eigenvalue weighted by Crippen LogP contribution is 2.18. The Balaban J connectivity index is 1.97. The van der Waals surface area contributed by atoms with Crippen molar-refractivity contribution in [2.75, 3.05) is 0 Å². The second kappa shape index (κ2) is 4.70. The summed E-state index contributed by atoms with van der Waals surface area (Å²) in [6.45, 7) is 1.99. The minimum Gasteiger partial charge on any atom is -0.456 e. The summed E-state index contributed by atoms with van der Waals surface area (Å²) in [5, 5.41) is 2.92. The first-order valence-corrected chi connectivity index (χ1v) is 5.86. The molecular formula is C12H18N2O2. The summed E-state index contributed by atoms with van der Waals surface area (Å²) in [7, 11) is 0. The Morgan fingerprint density at radius 2 is 2.38 bits per heavy atom. The molecule has 1 amide bonds. The molecule has 2 atom stereocenters. The molecule has 0 aliphatic heterocycles. The third-order valence-corrected chi connectivity index (χ3v) is 3.12. The molecule has 1 fully saturated rings. The number of aryl methyl sites for hydroxylation is 1. The maximum absolute atomic E-state index is 11.8. The van der Waals surface area contributed by atoms with E-state index in [2.05, 4.69) is 5.32 Å². The Kier molecular flexibility index (Phi) is 3.29. The number of carbonyl (C=O) groups excluding carboxylic acids is 1. The number of hydrogen-bond donors (Lipinski definition) is 2. The summed E-state index contributed by atoms with van der Waals surface area (Å²) >= 11 is 0. The van der Waals surface area contributed by atoms with E-state index in [-0.39, 0.29) is 18.0 Å². The Hall–Kier alpha value is -1.29. The van der Waals surface area contributed by atoms with Crippen molar-refractivity contribution in [2.24, 2.45) is 5.73 Å². The molecule has 1 aliphatic carbocycles. The van der Waals surface area contributed by atoms with Gasteiger partial charge in [0.15, 0.2) is 5.76 Å². The highest BCUT2D eigenvalue weighted by molar-refractivity contribution is 5.91. The van der Waals surface area contributed by atoms with Gasteiger partial charge in [0, 0.05) is 18.5 Å². The molecule has 16 heavy (non-hydrogen) atoms. The quantitative estimate of drug-likeness (QED) is 0.813. The zero-order valence-corrected chi connectivity index (χ0v) is 9.53. The van der Waals surface area contributed by atoms with Gasteiger partial charge >= 0.3 is 0 Å². The number of furan rings is 1. The topological polar surface area (TPSA) is 68.3 Å². The van der Waals surface area contributed by atoms with E-state index >= 15 is 0 Å². The molecule has 0 aromatic carbocycles. The lowest BCUT2D eigenvalue weighted by atomic mass is 10.2. The maximum Gasteiger partial charge on any atom is 0.287 e. The van der Waals surface area contributed by atoms with Crippen molar-refractivity contribution in [3.8, 4) is 0 Å². The molecule has 0 spiro atoms. The Labute approximate surface area is 95.2 Å². The molecule has 1 aliphatic rings. The van der Waals surface area contributed by atoms with E-state index in [0.29, 0.717) is 5.76 Å². The van der Waals surface area contributed by atoms with Gasteiger partial charge in [0.25, 0.3) is 5.91 Å². The standard InChI is InChI=1S/C12H18N2O2/c1-2-8-6-7-11(16-8)12(15)14-10-5-3-4-9(10)13/h6-7,9-10H,2-5,13H2,1H3,(H,14,15). The Morgan fingerprint density at radius 1 is 1.56 bits per heavy atom. The molecular weight excluding hydrogens is 204 g/mol. The van der Waals surface area contributed by atoms with Gasteiger partial charge in [-0.1, -0.05) is 6.92 Å². The van der Waals surface area contributed by atoms with Crippen LogP contribution in [0, 0.1) is 0 Å². The van der Waals surface area contributed by atoms with Crippen LogP contribution >= 0.6 is 0 Å². The Morgan fingerprint density at radius 3 is 2.94 bits per heavy atom. The van der Waals surface area contributed by atoms with Crippen LogP contribution in [-0.2, 0) is 6.42 Å². The van der Waals surface area contributed by atoms with Crippen molar-refractivity contribution in [3.05, 3.63) is 23.7 Å². The normalized spacial score (nSPS) is 24.6. The van der Waals surface area contributed by atoms with E-state index in [0.717, 1.165) is 31.4 Å². The molecule has 3 N–H and O–H groups in total. The van der Waals surface area contributed by atoms with E-state index < -0.39 is 0 Å². The maximum atomic E-state index is 11.8. The van der Waals surface area contributed by atoms with Gasteiger partial charge in [-0.3, -0.25) is 4.79 Å². The molecule has 1 aromatic heterocycles. The van der Waals surface area contributed by atoms with Gasteiger partial charge in [-0.15, -0.1) is 0 Å². The molecule has 88 valence electrons. The molecule has 0 bridgehead atoms. The summed E-state index contributed by atoms with van der Waals surface area (Å²) in [6.07, 6.45) is 3.85. The lowest BCUT2D eigenvalue weighted by Gasteiger charge is -2.16. The van der Waals surface area contributed by atoms with Crippen molar-refractivity contribution in [1.29, 1.82) is 0 Å². The summed E-state index contributed by atoms with van der Waals surface area (Å²) < 4.78 is 5.39. The third kappa shape index (κ3) is 2.27. The van der Waals surface area contributed by atoms with E-state index in [1.165, 1.54) is 0 Å². The first kappa shape index (κ1) is 11.2. The third-order valence-electron chi connectivity index (χ3n) is 3.12. The monoisotopic (exact) mass is 222 g/mol. The molecule has 1 saturated carbocycles. The predicted octanol–water partition coefficient (Wildman–Crippen LogP) is 1.45. The lowest BCUT2D eigenvalue weighted by Crippen LogP contribution is -2.43. The van der Waals surface area contributed by atoms with E-state index in [1.54, 1.807) is 6.07 Å². The minimum absolute atomic E-state index is 0.0876. The lowest BCUT2D eigenvalue weighted by molar-refractivity contribution is 0.0905. The fourth-order valence-corrected chi connectivity index (χ4v) is 2.10. The van der Waals surface area contributed by atoms with Crippen LogP contribution in [0.25, 0.3) is 0 Å². The van der Waals surface area contributed by atoms with Crippen molar-refractivity contribution in [3.63, 3.8) is 0 Å². The number of rotatable bonds is 3. The van der Waals surface area contributed by atoms with Crippen LogP contribution in [0.3, 0.4) is 0 Å². The zero-order chi connectivity index (χ0) is 11.5. The average molecular weight is 222 g/mol. The van der Waals surface area contributed by atoms with Crippen molar-refractivity contribution >= 4 is 5.91 Å². The van der Waals surface area contributed by atoms with Crippen molar-refractivity contribution < 1.29 is 9.21 Å². The van der Waals surface area contributed by atoms with Crippen LogP contribution < -0.4 is 11.1 Å². The summed E-state index contributed by atoms with van der Waals surface area (Å²) in [5.41, 5.74) is 5.89. The smallest absolute Gasteiger partial charge is 0.287 e. The molecule has 2 unspecified atom stereocenters. The first-order valence-electron chi connectivity index (χ1n) is 5.86. The summed E-state index contributed by atoms with van der Waals surface area (Å²) in [4.78, 5) is 11.8. The largest absolute Gasteiger partial charge is 0.456 e. The Bertz CT molecular complexity index is 373. The second-order valence-electron chi connectivity index (χ2n) is 4.29. The van der Waals surface area contributed by atoms with Crippen LogP contribution in [0.5, 0.6) is 0 Å². The van der Waals surface area contributed by atoms with E-state index in [1.807, 2.05) is 13.0 Å². The van der Waals surface area contributed by atoms with Crippen LogP contribution in [0.15, 0.2) is 16.5 Å². The van der Waals surface area contributed by atoms with Crippen molar-refractivity contribution in [1.82, 2.24) is 5.32 Å². The van der Waals surface area contributed by atoms with Crippen LogP contribution in [-0.4, -0.2) is 18.0 Å². The van der Waals surface area contributed by atoms with Gasteiger partial charge < -0.3 is 15.5 Å². The zero-order valence-electron chi connectivity index (χ0n) is 9.53. The SMILES string of the molecule is CCc1ccc(C(=O)NC2CCCC2N)o1. The number of nitrogens with one attached hydrogen (secondary N) is 1. The molecule has 1 aromatic rings. The minimum atomic E-state index is -0.151. The molecule has 0 saturated heterocycles. The van der Waals surface area contributed by atoms with Crippen molar-refractivity contribution in [2.45, 2.75) is 44.7 Å². The van der Waals surface area contributed by atoms with Gasteiger partial charge in [0.05, 0.1) is 0 Å². The van der Waals surface area contributed by atoms with Gasteiger partial charge in [0.2, 0.25) is 0 Å². The van der Waals surface area contributed by atoms with Crippen LogP contribution in [0.1, 0.15) is 42.5 Å². The molecule has 1 heterocycles. The van der Waals surface area contributed by atoms with Crippen LogP contribution in [0.4, 0.5) is 0 Å². The first-order chi connectivity index (χ1) is 7.70. The fraction of sp³-hybridized carbons (Fsp3) is 0.583.